The third-order valence-electron chi connectivity index (χ3n) is 5.44. The van der Waals surface area contributed by atoms with Crippen LogP contribution in [-0.4, -0.2) is 33.6 Å². The summed E-state index contributed by atoms with van der Waals surface area (Å²) in [5.41, 5.74) is 0.773. The fourth-order valence-corrected chi connectivity index (χ4v) is 3.99. The molecule has 0 bridgehead atoms. The van der Waals surface area contributed by atoms with Crippen LogP contribution in [0.1, 0.15) is 44.2 Å². The summed E-state index contributed by atoms with van der Waals surface area (Å²) in [5.74, 6) is -1.01. The summed E-state index contributed by atoms with van der Waals surface area (Å²) in [6.45, 7) is 6.38. The Morgan fingerprint density at radius 3 is 2.59 bits per heavy atom. The topological polar surface area (TPSA) is 83.6 Å². The lowest BCUT2D eigenvalue weighted by Gasteiger charge is -2.47. The molecule has 6 nitrogen and oxygen atoms in total. The number of hydrogen-bond acceptors (Lipinski definition) is 4. The maximum Gasteiger partial charge on any atom is 0.307 e. The number of aliphatic carboxylic acids is 1. The Labute approximate surface area is 129 Å². The second kappa shape index (κ2) is 5.41. The summed E-state index contributed by atoms with van der Waals surface area (Å²) in [7, 11) is 0. The zero-order valence-electron chi connectivity index (χ0n) is 13.2. The van der Waals surface area contributed by atoms with Crippen LogP contribution in [0.2, 0.25) is 0 Å². The highest BCUT2D eigenvalue weighted by molar-refractivity contribution is 5.87. The Kier molecular flexibility index (Phi) is 3.70. The SMILES string of the molecule is Cc1cc(C2CCCN2C(=O)[C@H]2C(C)C(C)[C@H]2C(=O)O)no1. The number of rotatable bonds is 3. The molecule has 1 amide bonds. The van der Waals surface area contributed by atoms with Crippen molar-refractivity contribution in [3.63, 3.8) is 0 Å². The molecular weight excluding hydrogens is 284 g/mol. The van der Waals surface area contributed by atoms with Crippen molar-refractivity contribution in [2.45, 2.75) is 39.7 Å². The molecule has 0 spiro atoms. The van der Waals surface area contributed by atoms with Crippen LogP contribution in [0.25, 0.3) is 0 Å². The fraction of sp³-hybridized carbons (Fsp3) is 0.688. The minimum atomic E-state index is -0.864. The van der Waals surface area contributed by atoms with E-state index in [-0.39, 0.29) is 23.8 Å². The Bertz CT molecular complexity index is 597. The third kappa shape index (κ3) is 2.21. The third-order valence-corrected chi connectivity index (χ3v) is 5.44. The van der Waals surface area contributed by atoms with Crippen LogP contribution < -0.4 is 0 Å². The zero-order chi connectivity index (χ0) is 16.0. The van der Waals surface area contributed by atoms with E-state index in [9.17, 15) is 14.7 Å². The first-order chi connectivity index (χ1) is 10.4. The molecule has 1 N–H and O–H groups in total. The largest absolute Gasteiger partial charge is 0.481 e. The minimum absolute atomic E-state index is 0.0406. The van der Waals surface area contributed by atoms with E-state index in [0.29, 0.717) is 6.54 Å². The van der Waals surface area contributed by atoms with Crippen molar-refractivity contribution in [1.82, 2.24) is 10.1 Å². The van der Waals surface area contributed by atoms with Crippen molar-refractivity contribution in [1.29, 1.82) is 0 Å². The maximum atomic E-state index is 12.9. The van der Waals surface area contributed by atoms with Gasteiger partial charge in [0.1, 0.15) is 11.5 Å². The Morgan fingerprint density at radius 2 is 2.00 bits per heavy atom. The molecule has 1 aromatic rings. The Hall–Kier alpha value is -1.85. The number of likely N-dealkylation sites (tertiary alicyclic amines) is 1. The van der Waals surface area contributed by atoms with E-state index in [1.807, 2.05) is 26.8 Å². The van der Waals surface area contributed by atoms with Gasteiger partial charge < -0.3 is 14.5 Å². The van der Waals surface area contributed by atoms with Crippen molar-refractivity contribution in [2.24, 2.45) is 23.7 Å². The van der Waals surface area contributed by atoms with E-state index in [1.165, 1.54) is 0 Å². The van der Waals surface area contributed by atoms with E-state index in [1.54, 1.807) is 4.90 Å². The molecule has 1 saturated carbocycles. The number of aryl methyl sites for hydroxylation is 1. The van der Waals surface area contributed by atoms with Gasteiger partial charge in [0.05, 0.1) is 17.9 Å². The molecule has 22 heavy (non-hydrogen) atoms. The van der Waals surface area contributed by atoms with Gasteiger partial charge in [0, 0.05) is 12.6 Å². The van der Waals surface area contributed by atoms with Crippen molar-refractivity contribution in [3.8, 4) is 0 Å². The van der Waals surface area contributed by atoms with Gasteiger partial charge in [-0.05, 0) is 31.6 Å². The van der Waals surface area contributed by atoms with E-state index < -0.39 is 17.8 Å². The number of amides is 1. The fourth-order valence-electron chi connectivity index (χ4n) is 3.99. The number of carbonyl (C=O) groups is 2. The number of carbonyl (C=O) groups excluding carboxylic acids is 1. The molecule has 3 unspecified atom stereocenters. The standard InChI is InChI=1S/C16H22N2O4/c1-8-7-11(17-22-8)12-5-4-6-18(12)15(19)13-9(2)10(3)14(13)16(20)21/h7,9-10,12-14H,4-6H2,1-3H3,(H,20,21)/t9?,10?,12?,13-,14+/m0/s1. The molecule has 2 fully saturated rings. The zero-order valence-corrected chi connectivity index (χ0v) is 13.2. The predicted molar refractivity (Wildman–Crippen MR) is 77.9 cm³/mol. The number of nitrogens with zero attached hydrogens (tertiary/aromatic N) is 2. The van der Waals surface area contributed by atoms with Gasteiger partial charge in [0.15, 0.2) is 0 Å². The van der Waals surface area contributed by atoms with Crippen LogP contribution in [0.4, 0.5) is 0 Å². The molecule has 5 atom stereocenters. The molecule has 6 heteroatoms. The van der Waals surface area contributed by atoms with E-state index in [0.717, 1.165) is 24.3 Å². The van der Waals surface area contributed by atoms with Crippen LogP contribution in [0.5, 0.6) is 0 Å². The van der Waals surface area contributed by atoms with Crippen LogP contribution in [-0.2, 0) is 9.59 Å². The molecule has 0 aromatic carbocycles. The van der Waals surface area contributed by atoms with Gasteiger partial charge in [-0.15, -0.1) is 0 Å². The highest BCUT2D eigenvalue weighted by atomic mass is 16.5. The number of aromatic nitrogens is 1. The first-order valence-electron chi connectivity index (χ1n) is 7.88. The molecule has 1 aliphatic carbocycles. The molecule has 2 aliphatic rings. The van der Waals surface area contributed by atoms with Crippen LogP contribution in [0.15, 0.2) is 10.6 Å². The second-order valence-corrected chi connectivity index (χ2v) is 6.66. The molecule has 0 radical (unpaired) electrons. The lowest BCUT2D eigenvalue weighted by molar-refractivity contribution is -0.169. The summed E-state index contributed by atoms with van der Waals surface area (Å²) in [6, 6.07) is 1.78. The Balaban J connectivity index is 1.80. The monoisotopic (exact) mass is 306 g/mol. The number of carboxylic acids is 1. The van der Waals surface area contributed by atoms with Crippen LogP contribution >= 0.6 is 0 Å². The lowest BCUT2D eigenvalue weighted by atomic mass is 9.57. The number of carboxylic acid groups (broad SMARTS) is 1. The van der Waals surface area contributed by atoms with Gasteiger partial charge in [-0.3, -0.25) is 9.59 Å². The molecule has 120 valence electrons. The Morgan fingerprint density at radius 1 is 1.32 bits per heavy atom. The van der Waals surface area contributed by atoms with Gasteiger partial charge in [-0.2, -0.15) is 0 Å². The summed E-state index contributed by atoms with van der Waals surface area (Å²) in [4.78, 5) is 26.1. The van der Waals surface area contributed by atoms with Gasteiger partial charge in [-0.25, -0.2) is 0 Å². The lowest BCUT2D eigenvalue weighted by Crippen LogP contribution is -2.55. The highest BCUT2D eigenvalue weighted by Crippen LogP contribution is 2.48. The van der Waals surface area contributed by atoms with Crippen molar-refractivity contribution in [2.75, 3.05) is 6.54 Å². The first kappa shape index (κ1) is 15.1. The summed E-state index contributed by atoms with van der Waals surface area (Å²) in [6.07, 6.45) is 1.77. The first-order valence-corrected chi connectivity index (χ1v) is 7.88. The van der Waals surface area contributed by atoms with E-state index in [4.69, 9.17) is 4.52 Å². The van der Waals surface area contributed by atoms with Crippen LogP contribution in [0.3, 0.4) is 0 Å². The maximum absolute atomic E-state index is 12.9. The molecule has 1 saturated heterocycles. The summed E-state index contributed by atoms with van der Waals surface area (Å²) in [5, 5.41) is 13.4. The molecular formula is C16H22N2O4. The molecule has 2 heterocycles. The van der Waals surface area contributed by atoms with Gasteiger partial charge >= 0.3 is 5.97 Å². The van der Waals surface area contributed by atoms with E-state index in [2.05, 4.69) is 5.16 Å². The minimum Gasteiger partial charge on any atom is -0.481 e. The smallest absolute Gasteiger partial charge is 0.307 e. The normalized spacial score (nSPS) is 34.5. The van der Waals surface area contributed by atoms with E-state index >= 15 is 0 Å². The summed E-state index contributed by atoms with van der Waals surface area (Å²) >= 11 is 0. The average molecular weight is 306 g/mol. The predicted octanol–water partition coefficient (Wildman–Crippen LogP) is 2.25. The van der Waals surface area contributed by atoms with Gasteiger partial charge in [0.2, 0.25) is 5.91 Å². The second-order valence-electron chi connectivity index (χ2n) is 6.66. The van der Waals surface area contributed by atoms with Gasteiger partial charge in [0.25, 0.3) is 0 Å². The summed E-state index contributed by atoms with van der Waals surface area (Å²) < 4.78 is 5.12. The van der Waals surface area contributed by atoms with Crippen molar-refractivity contribution in [3.05, 3.63) is 17.5 Å². The molecule has 1 aliphatic heterocycles. The number of hydrogen-bond donors (Lipinski definition) is 1. The van der Waals surface area contributed by atoms with Crippen LogP contribution in [0, 0.1) is 30.6 Å². The quantitative estimate of drug-likeness (QED) is 0.926. The van der Waals surface area contributed by atoms with Crippen molar-refractivity contribution >= 4 is 11.9 Å². The average Bonchev–Trinajstić information content (AvgIpc) is 3.10. The molecule has 3 rings (SSSR count). The molecule has 1 aromatic heterocycles. The van der Waals surface area contributed by atoms with Gasteiger partial charge in [-0.1, -0.05) is 19.0 Å². The van der Waals surface area contributed by atoms with Crippen molar-refractivity contribution < 1.29 is 19.2 Å². The highest BCUT2D eigenvalue weighted by Gasteiger charge is 2.55.